The average Bonchev–Trinajstić information content (AvgIpc) is 2.26. The van der Waals surface area contributed by atoms with Crippen LogP contribution in [-0.2, 0) is 0 Å². The Balaban J connectivity index is 2.71. The van der Waals surface area contributed by atoms with E-state index in [9.17, 15) is 9.59 Å². The van der Waals surface area contributed by atoms with Crippen LogP contribution >= 0.6 is 0 Å². The zero-order valence-electron chi connectivity index (χ0n) is 8.36. The number of carboxylic acid groups (broad SMARTS) is 1. The number of aromatic nitrogens is 1. The van der Waals surface area contributed by atoms with E-state index in [0.29, 0.717) is 6.54 Å². The van der Waals surface area contributed by atoms with E-state index in [1.807, 2.05) is 6.92 Å². The number of carboxylic acids is 1. The molecule has 0 saturated carbocycles. The van der Waals surface area contributed by atoms with Crippen molar-refractivity contribution in [3.63, 3.8) is 0 Å². The third kappa shape index (κ3) is 3.05. The lowest BCUT2D eigenvalue weighted by atomic mass is 10.2. The maximum atomic E-state index is 11.4. The summed E-state index contributed by atoms with van der Waals surface area (Å²) >= 11 is 0. The van der Waals surface area contributed by atoms with Gasteiger partial charge in [-0.25, -0.2) is 4.79 Å². The highest BCUT2D eigenvalue weighted by atomic mass is 16.4. The molecule has 0 atom stereocenters. The highest BCUT2D eigenvalue weighted by Crippen LogP contribution is 2.00. The van der Waals surface area contributed by atoms with Crippen molar-refractivity contribution < 1.29 is 14.7 Å². The monoisotopic (exact) mass is 208 g/mol. The molecule has 15 heavy (non-hydrogen) atoms. The molecule has 0 saturated heterocycles. The first kappa shape index (κ1) is 11.2. The maximum absolute atomic E-state index is 11.4. The van der Waals surface area contributed by atoms with Crippen LogP contribution < -0.4 is 5.32 Å². The minimum Gasteiger partial charge on any atom is -0.478 e. The van der Waals surface area contributed by atoms with Gasteiger partial charge in [0.05, 0.1) is 5.56 Å². The number of hydrogen-bond donors (Lipinski definition) is 2. The second-order valence-corrected chi connectivity index (χ2v) is 2.99. The fraction of sp³-hybridized carbons (Fsp3) is 0.300. The first-order valence-corrected chi connectivity index (χ1v) is 4.62. The average molecular weight is 208 g/mol. The van der Waals surface area contributed by atoms with Crippen LogP contribution in [-0.4, -0.2) is 28.5 Å². The number of amides is 1. The summed E-state index contributed by atoms with van der Waals surface area (Å²) in [6, 6.07) is 2.75. The van der Waals surface area contributed by atoms with Crippen molar-refractivity contribution in [3.05, 3.63) is 29.6 Å². The van der Waals surface area contributed by atoms with Crippen LogP contribution in [0, 0.1) is 0 Å². The molecule has 1 heterocycles. The summed E-state index contributed by atoms with van der Waals surface area (Å²) in [5.74, 6) is -1.34. The van der Waals surface area contributed by atoms with Gasteiger partial charge in [-0.05, 0) is 18.6 Å². The summed E-state index contributed by atoms with van der Waals surface area (Å²) in [5, 5.41) is 11.3. The van der Waals surface area contributed by atoms with E-state index in [1.165, 1.54) is 18.3 Å². The maximum Gasteiger partial charge on any atom is 0.337 e. The second kappa shape index (κ2) is 5.09. The third-order valence-electron chi connectivity index (χ3n) is 1.78. The highest BCUT2D eigenvalue weighted by molar-refractivity contribution is 5.93. The molecule has 1 aromatic rings. The Morgan fingerprint density at radius 3 is 2.67 bits per heavy atom. The van der Waals surface area contributed by atoms with Crippen molar-refractivity contribution in [1.29, 1.82) is 0 Å². The van der Waals surface area contributed by atoms with E-state index in [0.717, 1.165) is 6.42 Å². The van der Waals surface area contributed by atoms with Crippen molar-refractivity contribution in [2.75, 3.05) is 6.54 Å². The molecule has 5 heteroatoms. The number of aromatic carboxylic acids is 1. The fourth-order valence-electron chi connectivity index (χ4n) is 0.984. The summed E-state index contributed by atoms with van der Waals surface area (Å²) in [6.07, 6.45) is 2.02. The van der Waals surface area contributed by atoms with Crippen LogP contribution in [0.2, 0.25) is 0 Å². The van der Waals surface area contributed by atoms with E-state index in [-0.39, 0.29) is 17.2 Å². The molecule has 0 bridgehead atoms. The molecule has 0 radical (unpaired) electrons. The normalized spacial score (nSPS) is 9.67. The summed E-state index contributed by atoms with van der Waals surface area (Å²) in [6.45, 7) is 2.53. The molecule has 0 aliphatic carbocycles. The second-order valence-electron chi connectivity index (χ2n) is 2.99. The van der Waals surface area contributed by atoms with Gasteiger partial charge in [0, 0.05) is 12.7 Å². The van der Waals surface area contributed by atoms with E-state index in [1.54, 1.807) is 0 Å². The Kier molecular flexibility index (Phi) is 3.79. The number of nitrogens with zero attached hydrogens (tertiary/aromatic N) is 1. The van der Waals surface area contributed by atoms with Crippen LogP contribution in [0.3, 0.4) is 0 Å². The van der Waals surface area contributed by atoms with Gasteiger partial charge in [0.2, 0.25) is 0 Å². The standard InChI is InChI=1S/C10H12N2O3/c1-2-5-11-9(13)8-4-3-7(6-12-8)10(14)15/h3-4,6H,2,5H2,1H3,(H,11,13)(H,14,15). The number of pyridine rings is 1. The number of carbonyl (C=O) groups is 2. The van der Waals surface area contributed by atoms with Gasteiger partial charge in [-0.15, -0.1) is 0 Å². The molecule has 0 aliphatic heterocycles. The van der Waals surface area contributed by atoms with Gasteiger partial charge < -0.3 is 10.4 Å². The zero-order chi connectivity index (χ0) is 11.3. The van der Waals surface area contributed by atoms with Gasteiger partial charge in [0.1, 0.15) is 5.69 Å². The number of hydrogen-bond acceptors (Lipinski definition) is 3. The summed E-state index contributed by atoms with van der Waals surface area (Å²) in [4.78, 5) is 25.6. The van der Waals surface area contributed by atoms with Crippen molar-refractivity contribution in [3.8, 4) is 0 Å². The first-order valence-electron chi connectivity index (χ1n) is 4.62. The highest BCUT2D eigenvalue weighted by Gasteiger charge is 2.08. The van der Waals surface area contributed by atoms with Gasteiger partial charge in [-0.1, -0.05) is 6.92 Å². The SMILES string of the molecule is CCCNC(=O)c1ccc(C(=O)O)cn1. The van der Waals surface area contributed by atoms with Crippen LogP contribution in [0.15, 0.2) is 18.3 Å². The zero-order valence-corrected chi connectivity index (χ0v) is 8.36. The van der Waals surface area contributed by atoms with Crippen molar-refractivity contribution >= 4 is 11.9 Å². The van der Waals surface area contributed by atoms with Gasteiger partial charge in [-0.3, -0.25) is 9.78 Å². The fourth-order valence-corrected chi connectivity index (χ4v) is 0.984. The summed E-state index contributed by atoms with van der Waals surface area (Å²) < 4.78 is 0. The topological polar surface area (TPSA) is 79.3 Å². The van der Waals surface area contributed by atoms with E-state index >= 15 is 0 Å². The van der Waals surface area contributed by atoms with E-state index in [4.69, 9.17) is 5.11 Å². The van der Waals surface area contributed by atoms with E-state index in [2.05, 4.69) is 10.3 Å². The molecule has 80 valence electrons. The van der Waals surface area contributed by atoms with Gasteiger partial charge in [0.15, 0.2) is 0 Å². The molecule has 0 unspecified atom stereocenters. The molecule has 1 aromatic heterocycles. The lowest BCUT2D eigenvalue weighted by molar-refractivity contribution is 0.0695. The van der Waals surface area contributed by atoms with Gasteiger partial charge in [0.25, 0.3) is 5.91 Å². The van der Waals surface area contributed by atoms with Crippen molar-refractivity contribution in [2.24, 2.45) is 0 Å². The lowest BCUT2D eigenvalue weighted by Crippen LogP contribution is -2.24. The van der Waals surface area contributed by atoms with Crippen LogP contribution in [0.25, 0.3) is 0 Å². The molecule has 2 N–H and O–H groups in total. The molecular weight excluding hydrogens is 196 g/mol. The lowest BCUT2D eigenvalue weighted by Gasteiger charge is -2.02. The number of carbonyl (C=O) groups excluding carboxylic acids is 1. The largest absolute Gasteiger partial charge is 0.478 e. The Morgan fingerprint density at radius 2 is 2.20 bits per heavy atom. The number of rotatable bonds is 4. The summed E-state index contributed by atoms with van der Waals surface area (Å²) in [7, 11) is 0. The molecule has 1 rings (SSSR count). The predicted molar refractivity (Wildman–Crippen MR) is 53.8 cm³/mol. The molecular formula is C10H12N2O3. The third-order valence-corrected chi connectivity index (χ3v) is 1.78. The minimum absolute atomic E-state index is 0.0713. The molecule has 0 aromatic carbocycles. The molecule has 5 nitrogen and oxygen atoms in total. The molecule has 0 aliphatic rings. The first-order chi connectivity index (χ1) is 7.15. The van der Waals surface area contributed by atoms with Crippen LogP contribution in [0.1, 0.15) is 34.2 Å². The number of nitrogens with one attached hydrogen (secondary N) is 1. The Labute approximate surface area is 87.1 Å². The van der Waals surface area contributed by atoms with Gasteiger partial charge in [-0.2, -0.15) is 0 Å². The Morgan fingerprint density at radius 1 is 1.47 bits per heavy atom. The molecule has 0 spiro atoms. The van der Waals surface area contributed by atoms with Crippen LogP contribution in [0.4, 0.5) is 0 Å². The van der Waals surface area contributed by atoms with E-state index < -0.39 is 5.97 Å². The Hall–Kier alpha value is -1.91. The van der Waals surface area contributed by atoms with Crippen LogP contribution in [0.5, 0.6) is 0 Å². The molecule has 1 amide bonds. The smallest absolute Gasteiger partial charge is 0.337 e. The molecule has 0 fully saturated rings. The predicted octanol–water partition coefficient (Wildman–Crippen LogP) is 0.920. The van der Waals surface area contributed by atoms with Crippen molar-refractivity contribution in [1.82, 2.24) is 10.3 Å². The summed E-state index contributed by atoms with van der Waals surface area (Å²) in [5.41, 5.74) is 0.301. The van der Waals surface area contributed by atoms with Crippen molar-refractivity contribution in [2.45, 2.75) is 13.3 Å². The Bertz CT molecular complexity index is 359. The van der Waals surface area contributed by atoms with Gasteiger partial charge >= 0.3 is 5.97 Å². The minimum atomic E-state index is -1.05. The quantitative estimate of drug-likeness (QED) is 0.771.